The number of benzene rings is 2. The third-order valence-corrected chi connectivity index (χ3v) is 14.8. The van der Waals surface area contributed by atoms with Gasteiger partial charge in [-0.05, 0) is 127 Å². The molecule has 370 valence electrons. The van der Waals surface area contributed by atoms with Crippen LogP contribution >= 0.6 is 0 Å². The Balaban J connectivity index is 1.44. The lowest BCUT2D eigenvalue weighted by Gasteiger charge is -2.43. The van der Waals surface area contributed by atoms with Gasteiger partial charge in [0.1, 0.15) is 18.3 Å². The minimum atomic E-state index is -1.49. The standard InChI is InChI=1S/C54H86N4O8/c1-29(2)43-21-35(25-51(9,10)55-43)63-47(59)39-17-33-19-41(49(61)65-37-23-45(31(5)6)57-53(13,14)27-37)42(50(62)66-38-24-46(32(7)8)58-54(15,16)28-38)20-34(33)18-40(39)48(60)64-36-22-44(30(3)4)56-52(11,12)26-36/h17-20,29-32,35-38,43-47,55-59H,21-28H2,1-16H3. The normalized spacial score (nSPS) is 30.1. The first-order valence-electron chi connectivity index (χ1n) is 25.2. The molecule has 9 unspecified atom stereocenters. The van der Waals surface area contributed by atoms with Gasteiger partial charge in [-0.25, -0.2) is 14.4 Å². The molecule has 2 aromatic rings. The summed E-state index contributed by atoms with van der Waals surface area (Å²) in [7, 11) is 0. The summed E-state index contributed by atoms with van der Waals surface area (Å²) in [5.74, 6) is -0.523. The largest absolute Gasteiger partial charge is 0.459 e. The molecule has 0 aromatic heterocycles. The summed E-state index contributed by atoms with van der Waals surface area (Å²) in [6.07, 6.45) is 2.13. The highest BCUT2D eigenvalue weighted by Crippen LogP contribution is 2.37. The zero-order chi connectivity index (χ0) is 48.8. The number of piperidine rings is 4. The van der Waals surface area contributed by atoms with E-state index in [1.54, 1.807) is 24.3 Å². The second-order valence-corrected chi connectivity index (χ2v) is 24.7. The molecule has 4 aliphatic heterocycles. The van der Waals surface area contributed by atoms with Crippen LogP contribution in [0.5, 0.6) is 0 Å². The quantitative estimate of drug-likeness (QED) is 0.0738. The van der Waals surface area contributed by atoms with Crippen LogP contribution < -0.4 is 21.3 Å². The van der Waals surface area contributed by atoms with Crippen LogP contribution in [-0.2, 0) is 18.9 Å². The molecule has 0 radical (unpaired) electrons. The molecule has 12 heteroatoms. The van der Waals surface area contributed by atoms with Crippen molar-refractivity contribution >= 4 is 28.7 Å². The third-order valence-electron chi connectivity index (χ3n) is 14.8. The van der Waals surface area contributed by atoms with E-state index in [0.717, 1.165) is 0 Å². The van der Waals surface area contributed by atoms with Gasteiger partial charge in [0.05, 0.1) is 22.8 Å². The van der Waals surface area contributed by atoms with E-state index in [1.165, 1.54) is 0 Å². The lowest BCUT2D eigenvalue weighted by molar-refractivity contribution is -0.158. The van der Waals surface area contributed by atoms with E-state index in [1.807, 2.05) is 0 Å². The number of aliphatic hydroxyl groups is 1. The minimum Gasteiger partial charge on any atom is -0.459 e. The SMILES string of the molecule is CC(C)C1CC(OC(=O)c2cc3cc(C(=O)OC4CC(C(C)C)NC(C)(C)C4)c(C(O)OC4CC(C(C)C)NC(C)(C)C4)cc3cc2C(=O)OC2CC(C(C)C)NC(C)(C)C2)CC(C)(C)N1. The lowest BCUT2D eigenvalue weighted by atomic mass is 9.83. The van der Waals surface area contributed by atoms with Gasteiger partial charge in [-0.2, -0.15) is 0 Å². The molecule has 12 nitrogen and oxygen atoms in total. The number of hydrogen-bond donors (Lipinski definition) is 5. The van der Waals surface area contributed by atoms with Crippen molar-refractivity contribution in [3.63, 3.8) is 0 Å². The molecule has 0 aliphatic carbocycles. The number of ether oxygens (including phenoxy) is 4. The summed E-state index contributed by atoms with van der Waals surface area (Å²) in [6, 6.07) is 7.27. The molecule has 0 bridgehead atoms. The van der Waals surface area contributed by atoms with Crippen molar-refractivity contribution in [2.24, 2.45) is 23.7 Å². The van der Waals surface area contributed by atoms with E-state index in [2.05, 4.69) is 132 Å². The summed E-state index contributed by atoms with van der Waals surface area (Å²) >= 11 is 0. The molecule has 2 aromatic carbocycles. The Morgan fingerprint density at radius 1 is 0.470 bits per heavy atom. The lowest BCUT2D eigenvalue weighted by Crippen LogP contribution is -2.56. The molecule has 4 heterocycles. The molecule has 4 saturated heterocycles. The molecular weight excluding hydrogens is 833 g/mol. The smallest absolute Gasteiger partial charge is 0.339 e. The van der Waals surface area contributed by atoms with Crippen molar-refractivity contribution in [3.8, 4) is 0 Å². The van der Waals surface area contributed by atoms with E-state index in [4.69, 9.17) is 18.9 Å². The second-order valence-electron chi connectivity index (χ2n) is 24.7. The maximum Gasteiger partial charge on any atom is 0.339 e. The molecule has 5 N–H and O–H groups in total. The predicted octanol–water partition coefficient (Wildman–Crippen LogP) is 9.54. The van der Waals surface area contributed by atoms with Crippen LogP contribution in [0.15, 0.2) is 24.3 Å². The highest BCUT2D eigenvalue weighted by molar-refractivity contribution is 6.08. The number of hydrogen-bond acceptors (Lipinski definition) is 12. The number of esters is 3. The molecule has 6 rings (SSSR count). The van der Waals surface area contributed by atoms with E-state index in [9.17, 15) is 19.5 Å². The molecule has 0 spiro atoms. The number of aliphatic hydroxyl groups excluding tert-OH is 1. The first kappa shape index (κ1) is 52.2. The average molecular weight is 919 g/mol. The number of carbonyl (C=O) groups excluding carboxylic acids is 3. The molecule has 4 aliphatic rings. The molecule has 9 atom stereocenters. The fourth-order valence-corrected chi connectivity index (χ4v) is 11.3. The highest BCUT2D eigenvalue weighted by Gasteiger charge is 2.42. The van der Waals surface area contributed by atoms with Crippen LogP contribution in [-0.4, -0.2) is 93.8 Å². The summed E-state index contributed by atoms with van der Waals surface area (Å²) in [4.78, 5) is 43.9. The van der Waals surface area contributed by atoms with Gasteiger partial charge in [0.25, 0.3) is 0 Å². The van der Waals surface area contributed by atoms with Crippen LogP contribution in [0, 0.1) is 23.7 Å². The van der Waals surface area contributed by atoms with E-state index < -0.39 is 30.3 Å². The van der Waals surface area contributed by atoms with Crippen LogP contribution in [0.2, 0.25) is 0 Å². The molecule has 0 amide bonds. The van der Waals surface area contributed by atoms with E-state index in [0.29, 0.717) is 85.8 Å². The zero-order valence-corrected chi connectivity index (χ0v) is 43.3. The van der Waals surface area contributed by atoms with Crippen molar-refractivity contribution in [3.05, 3.63) is 46.5 Å². The second kappa shape index (κ2) is 20.1. The van der Waals surface area contributed by atoms with Crippen molar-refractivity contribution in [1.82, 2.24) is 21.3 Å². The monoisotopic (exact) mass is 919 g/mol. The van der Waals surface area contributed by atoms with Crippen molar-refractivity contribution in [1.29, 1.82) is 0 Å². The highest BCUT2D eigenvalue weighted by atomic mass is 16.6. The van der Waals surface area contributed by atoms with Gasteiger partial charge in [0.15, 0.2) is 6.29 Å². The predicted molar refractivity (Wildman–Crippen MR) is 262 cm³/mol. The fourth-order valence-electron chi connectivity index (χ4n) is 11.3. The fraction of sp³-hybridized carbons (Fsp3) is 0.759. The van der Waals surface area contributed by atoms with Gasteiger partial charge in [0, 0.05) is 90.4 Å². The summed E-state index contributed by atoms with van der Waals surface area (Å²) in [6.45, 7) is 34.3. The van der Waals surface area contributed by atoms with E-state index >= 15 is 0 Å². The Bertz CT molecular complexity index is 2060. The summed E-state index contributed by atoms with van der Waals surface area (Å²) in [5.41, 5.74) is -0.517. The molecule has 4 fully saturated rings. The average Bonchev–Trinajstić information content (AvgIpc) is 3.17. The van der Waals surface area contributed by atoms with Crippen molar-refractivity contribution < 1.29 is 38.4 Å². The number of carbonyl (C=O) groups is 3. The van der Waals surface area contributed by atoms with Crippen LogP contribution in [0.4, 0.5) is 0 Å². The number of rotatable bonds is 13. The Morgan fingerprint density at radius 2 is 0.742 bits per heavy atom. The first-order valence-corrected chi connectivity index (χ1v) is 25.2. The van der Waals surface area contributed by atoms with Gasteiger partial charge in [-0.3, -0.25) is 0 Å². The third kappa shape index (κ3) is 13.1. The van der Waals surface area contributed by atoms with Gasteiger partial charge in [0.2, 0.25) is 0 Å². The Kier molecular flexibility index (Phi) is 15.9. The topological polar surface area (TPSA) is 156 Å². The van der Waals surface area contributed by atoms with Crippen molar-refractivity contribution in [2.45, 2.75) is 239 Å². The van der Waals surface area contributed by atoms with Crippen molar-refractivity contribution in [2.75, 3.05) is 0 Å². The molecule has 66 heavy (non-hydrogen) atoms. The van der Waals surface area contributed by atoms with Crippen LogP contribution in [0.1, 0.15) is 205 Å². The zero-order valence-electron chi connectivity index (χ0n) is 43.3. The van der Waals surface area contributed by atoms with Gasteiger partial charge < -0.3 is 45.3 Å². The molecular formula is C54H86N4O8. The van der Waals surface area contributed by atoms with E-state index in [-0.39, 0.29) is 86.9 Å². The number of nitrogens with one attached hydrogen (secondary N) is 4. The van der Waals surface area contributed by atoms with Gasteiger partial charge in [-0.1, -0.05) is 55.4 Å². The van der Waals surface area contributed by atoms with Gasteiger partial charge >= 0.3 is 17.9 Å². The minimum absolute atomic E-state index is 0.0685. The Labute approximate surface area is 396 Å². The van der Waals surface area contributed by atoms with Crippen LogP contribution in [0.25, 0.3) is 10.8 Å². The molecule has 0 saturated carbocycles. The Hall–Kier alpha value is -3.13. The summed E-state index contributed by atoms with van der Waals surface area (Å²) < 4.78 is 25.7. The first-order chi connectivity index (χ1) is 30.5. The maximum atomic E-state index is 14.7. The maximum absolute atomic E-state index is 14.7. The summed E-state index contributed by atoms with van der Waals surface area (Å²) in [5, 5.41) is 28.1. The van der Waals surface area contributed by atoms with Gasteiger partial charge in [-0.15, -0.1) is 0 Å². The number of fused-ring (bicyclic) bond motifs is 1. The Morgan fingerprint density at radius 3 is 1.08 bits per heavy atom. The van der Waals surface area contributed by atoms with Crippen LogP contribution in [0.3, 0.4) is 0 Å².